The average Bonchev–Trinajstić information content (AvgIpc) is 3.19. The van der Waals surface area contributed by atoms with Crippen molar-refractivity contribution >= 4 is 60.8 Å². The number of aliphatic hydroxyl groups excluding tert-OH is 2. The third-order valence-electron chi connectivity index (χ3n) is 10.7. The van der Waals surface area contributed by atoms with E-state index in [9.17, 15) is 30.0 Å². The monoisotopic (exact) mass is 949 g/mol. The molecule has 332 valence electrons. The fraction of sp³-hybridized carbons (Fsp3) is 0.720. The third kappa shape index (κ3) is 40.6. The maximum Gasteiger partial charge on any atom is 2.00 e. The first-order chi connectivity index (χ1) is 28.2. The first-order valence-electron chi connectivity index (χ1n) is 23.2. The minimum Gasteiger partial charge on any atom is -0.550 e. The Bertz CT molecular complexity index is 1100. The molecule has 0 saturated heterocycles. The zero-order chi connectivity index (χ0) is 42.3. The number of aliphatic hydroxyl groups is 2. The van der Waals surface area contributed by atoms with Gasteiger partial charge in [-0.3, -0.25) is 0 Å². The number of ether oxygens (including phenoxy) is 2. The van der Waals surface area contributed by atoms with Gasteiger partial charge in [-0.25, -0.2) is 0 Å². The summed E-state index contributed by atoms with van der Waals surface area (Å²) in [5.41, 5.74) is 2.14. The van der Waals surface area contributed by atoms with Crippen molar-refractivity contribution in [2.75, 3.05) is 0 Å². The van der Waals surface area contributed by atoms with Crippen molar-refractivity contribution in [2.45, 2.75) is 231 Å². The second-order valence-electron chi connectivity index (χ2n) is 16.6. The molecule has 8 nitrogen and oxygen atoms in total. The molecule has 0 aliphatic heterocycles. The molecule has 59 heavy (non-hydrogen) atoms. The molecule has 2 N–H and O–H groups in total. The molecule has 0 aliphatic rings. The zero-order valence-corrected chi connectivity index (χ0v) is 41.8. The van der Waals surface area contributed by atoms with Crippen molar-refractivity contribution in [3.8, 4) is 0 Å². The predicted octanol–water partition coefficient (Wildman–Crippen LogP) is 9.95. The molecule has 0 radical (unpaired) electrons. The Labute approximate surface area is 400 Å². The average molecular weight is 949 g/mol. The molecule has 0 bridgehead atoms. The normalized spacial score (nSPS) is 13.1. The summed E-state index contributed by atoms with van der Waals surface area (Å²) in [7, 11) is 0. The van der Waals surface area contributed by atoms with Crippen molar-refractivity contribution in [3.05, 3.63) is 71.8 Å². The number of benzene rings is 2. The van der Waals surface area contributed by atoms with Crippen molar-refractivity contribution < 1.29 is 39.5 Å². The zero-order valence-electron chi connectivity index (χ0n) is 37.3. The Hall–Kier alpha value is -1.21. The summed E-state index contributed by atoms with van der Waals surface area (Å²) in [4.78, 5) is 21.9. The molecule has 0 spiro atoms. The van der Waals surface area contributed by atoms with E-state index in [0.29, 0.717) is 13.2 Å². The molecule has 9 heteroatoms. The van der Waals surface area contributed by atoms with E-state index in [1.807, 2.05) is 74.5 Å². The van der Waals surface area contributed by atoms with Crippen molar-refractivity contribution in [2.24, 2.45) is 0 Å². The van der Waals surface area contributed by atoms with Gasteiger partial charge in [0, 0.05) is 24.8 Å². The summed E-state index contributed by atoms with van der Waals surface area (Å²) in [6.45, 7) is 4.64. The molecule has 2 aromatic rings. The van der Waals surface area contributed by atoms with Gasteiger partial charge in [0.2, 0.25) is 0 Å². The number of carbonyl (C=O) groups excluding carboxylic acids is 2. The number of carboxylic acid groups (broad SMARTS) is 2. The molecule has 0 fully saturated rings. The number of rotatable bonds is 38. The van der Waals surface area contributed by atoms with Crippen LogP contribution in [0.25, 0.3) is 0 Å². The Morgan fingerprint density at radius 1 is 0.441 bits per heavy atom. The van der Waals surface area contributed by atoms with Gasteiger partial charge in [0.1, 0.15) is 0 Å². The molecule has 2 aromatic carbocycles. The molecule has 0 aromatic heterocycles. The van der Waals surface area contributed by atoms with Crippen LogP contribution in [0.5, 0.6) is 0 Å². The second kappa shape index (κ2) is 42.1. The second-order valence-corrected chi connectivity index (χ2v) is 16.6. The van der Waals surface area contributed by atoms with Crippen LogP contribution in [0, 0.1) is 0 Å². The van der Waals surface area contributed by atoms with E-state index < -0.39 is 11.9 Å². The van der Waals surface area contributed by atoms with Crippen LogP contribution in [0.3, 0.4) is 0 Å². The molecule has 0 aliphatic carbocycles. The Balaban J connectivity index is 0.00000112. The van der Waals surface area contributed by atoms with E-state index in [4.69, 9.17) is 9.47 Å². The summed E-state index contributed by atoms with van der Waals surface area (Å²) < 4.78 is 11.6. The quantitative estimate of drug-likeness (QED) is 0.0501. The van der Waals surface area contributed by atoms with Crippen LogP contribution in [0.4, 0.5) is 0 Å². The Kier molecular flexibility index (Phi) is 41.2. The fourth-order valence-electron chi connectivity index (χ4n) is 7.24. The Morgan fingerprint density at radius 2 is 0.678 bits per heavy atom. The first kappa shape index (κ1) is 57.8. The molecular formula is C50H82BaO8. The summed E-state index contributed by atoms with van der Waals surface area (Å²) in [5, 5.41) is 40.4. The van der Waals surface area contributed by atoms with Gasteiger partial charge < -0.3 is 39.5 Å². The van der Waals surface area contributed by atoms with Crippen molar-refractivity contribution in [1.82, 2.24) is 0 Å². The molecule has 0 amide bonds. The fourth-order valence-corrected chi connectivity index (χ4v) is 7.24. The minimum atomic E-state index is -1.03. The van der Waals surface area contributed by atoms with Gasteiger partial charge in [0.15, 0.2) is 0 Å². The molecule has 2 rings (SSSR count). The van der Waals surface area contributed by atoms with E-state index >= 15 is 0 Å². The van der Waals surface area contributed by atoms with Gasteiger partial charge in [-0.2, -0.15) is 0 Å². The van der Waals surface area contributed by atoms with E-state index in [1.165, 1.54) is 103 Å². The van der Waals surface area contributed by atoms with E-state index in [2.05, 4.69) is 0 Å². The van der Waals surface area contributed by atoms with Gasteiger partial charge in [-0.15, -0.1) is 0 Å². The summed E-state index contributed by atoms with van der Waals surface area (Å²) in [5.74, 6) is -2.07. The number of carboxylic acids is 2. The molecule has 4 atom stereocenters. The largest absolute Gasteiger partial charge is 2.00 e. The number of unbranched alkanes of at least 4 members (excludes halogenated alkanes) is 20. The number of hydrogen-bond donors (Lipinski definition) is 2. The molecule has 4 unspecified atom stereocenters. The van der Waals surface area contributed by atoms with Crippen LogP contribution in [-0.4, -0.2) is 95.4 Å². The number of carbonyl (C=O) groups is 2. The van der Waals surface area contributed by atoms with Crippen molar-refractivity contribution in [3.63, 3.8) is 0 Å². The molecule has 0 saturated carbocycles. The summed E-state index contributed by atoms with van der Waals surface area (Å²) in [6.07, 6.45) is 29.6. The van der Waals surface area contributed by atoms with Crippen LogP contribution in [0.1, 0.15) is 205 Å². The summed E-state index contributed by atoms with van der Waals surface area (Å²) in [6, 6.07) is 19.7. The predicted molar refractivity (Wildman–Crippen MR) is 238 cm³/mol. The Morgan fingerprint density at radius 3 is 0.915 bits per heavy atom. The van der Waals surface area contributed by atoms with Crippen LogP contribution in [0.15, 0.2) is 60.7 Å². The molecular weight excluding hydrogens is 866 g/mol. The first-order valence-corrected chi connectivity index (χ1v) is 23.2. The van der Waals surface area contributed by atoms with Crippen LogP contribution in [-0.2, 0) is 32.3 Å². The van der Waals surface area contributed by atoms with E-state index in [-0.39, 0.29) is 86.1 Å². The van der Waals surface area contributed by atoms with Gasteiger partial charge in [0.25, 0.3) is 0 Å². The van der Waals surface area contributed by atoms with Crippen LogP contribution in [0.2, 0.25) is 0 Å². The van der Waals surface area contributed by atoms with Gasteiger partial charge >= 0.3 is 48.9 Å². The SMILES string of the molecule is CC(O)CCCCCCCCCCCCCC(CC(=O)[O-])OCc1ccccc1.CC(O)CCCCCCCCCCCCCC(CC(=O)[O-])OCc1ccccc1.[Ba+2]. The minimum absolute atomic E-state index is 0. The third-order valence-corrected chi connectivity index (χ3v) is 10.7. The van der Waals surface area contributed by atoms with Crippen LogP contribution < -0.4 is 10.2 Å². The van der Waals surface area contributed by atoms with E-state index in [0.717, 1.165) is 75.3 Å². The van der Waals surface area contributed by atoms with E-state index in [1.54, 1.807) is 0 Å². The maximum absolute atomic E-state index is 11.0. The van der Waals surface area contributed by atoms with Crippen LogP contribution >= 0.6 is 0 Å². The maximum atomic E-state index is 11.0. The molecule has 0 heterocycles. The summed E-state index contributed by atoms with van der Waals surface area (Å²) >= 11 is 0. The van der Waals surface area contributed by atoms with Gasteiger partial charge in [0.05, 0.1) is 37.6 Å². The topological polar surface area (TPSA) is 139 Å². The van der Waals surface area contributed by atoms with Crippen molar-refractivity contribution in [1.29, 1.82) is 0 Å². The van der Waals surface area contributed by atoms with Gasteiger partial charge in [-0.1, -0.05) is 202 Å². The van der Waals surface area contributed by atoms with Gasteiger partial charge in [-0.05, 0) is 50.7 Å². The number of hydrogen-bond acceptors (Lipinski definition) is 8. The smallest absolute Gasteiger partial charge is 0.550 e. The standard InChI is InChI=1S/2C25H42O4.Ba/c2*1-22(26)16-12-9-7-5-3-2-4-6-8-10-15-19-24(20-25(27)28)29-21-23-17-13-11-14-18-23;/h2*11,13-14,17-18,22,24,26H,2-10,12,15-16,19-21H2,1H3,(H,27,28);/q;;+2/p-2. The number of aliphatic carboxylic acids is 2.